The van der Waals surface area contributed by atoms with E-state index in [1.807, 2.05) is 29.1 Å². The molecule has 0 aliphatic carbocycles. The highest BCUT2D eigenvalue weighted by Crippen LogP contribution is 2.21. The summed E-state index contributed by atoms with van der Waals surface area (Å²) in [6.45, 7) is 8.74. The van der Waals surface area contributed by atoms with Crippen LogP contribution in [-0.2, 0) is 6.54 Å². The summed E-state index contributed by atoms with van der Waals surface area (Å²) in [6, 6.07) is 9.33. The molecular formula is C18H24N4OS. The third-order valence-electron chi connectivity index (χ3n) is 3.81. The number of carbonyl (C=O) groups is 1. The molecule has 2 rings (SSSR count). The quantitative estimate of drug-likeness (QED) is 0.642. The Morgan fingerprint density at radius 1 is 1.33 bits per heavy atom. The Balaban J connectivity index is 2.05. The molecule has 0 bridgehead atoms. The first-order valence-electron chi connectivity index (χ1n) is 7.91. The van der Waals surface area contributed by atoms with E-state index in [2.05, 4.69) is 36.5 Å². The summed E-state index contributed by atoms with van der Waals surface area (Å²) in [5.74, 6) is 0.0313. The summed E-state index contributed by atoms with van der Waals surface area (Å²) in [5.41, 5.74) is 1.46. The van der Waals surface area contributed by atoms with Crippen LogP contribution in [0.15, 0.2) is 42.7 Å². The minimum Gasteiger partial charge on any atom is -0.357 e. The molecule has 0 fully saturated rings. The summed E-state index contributed by atoms with van der Waals surface area (Å²) >= 11 is 5.45. The Morgan fingerprint density at radius 2 is 2.08 bits per heavy atom. The van der Waals surface area contributed by atoms with Crippen molar-refractivity contribution in [2.24, 2.45) is 5.41 Å². The van der Waals surface area contributed by atoms with Gasteiger partial charge in [-0.15, -0.1) is 0 Å². The lowest BCUT2D eigenvalue weighted by Crippen LogP contribution is -2.48. The van der Waals surface area contributed by atoms with Gasteiger partial charge in [-0.2, -0.15) is 5.10 Å². The molecular weight excluding hydrogens is 320 g/mol. The molecule has 0 spiro atoms. The van der Waals surface area contributed by atoms with Gasteiger partial charge in [0.25, 0.3) is 0 Å². The number of ketones is 1. The molecule has 128 valence electrons. The second-order valence-electron chi connectivity index (χ2n) is 6.88. The molecule has 0 saturated heterocycles. The van der Waals surface area contributed by atoms with Crippen molar-refractivity contribution in [2.75, 3.05) is 5.32 Å². The maximum absolute atomic E-state index is 11.5. The molecule has 5 nitrogen and oxygen atoms in total. The molecule has 0 aliphatic heterocycles. The number of Topliss-reactive ketones (excluding diaryl/α,β-unsaturated/α-hetero) is 1. The van der Waals surface area contributed by atoms with Crippen molar-refractivity contribution in [3.05, 3.63) is 48.3 Å². The van der Waals surface area contributed by atoms with Gasteiger partial charge in [-0.3, -0.25) is 9.48 Å². The number of thiocarbonyl (C=S) groups is 1. The van der Waals surface area contributed by atoms with Crippen molar-refractivity contribution in [2.45, 2.75) is 40.3 Å². The van der Waals surface area contributed by atoms with Crippen LogP contribution in [0, 0.1) is 5.41 Å². The second-order valence-corrected chi connectivity index (χ2v) is 7.29. The summed E-state index contributed by atoms with van der Waals surface area (Å²) in [6.07, 6.45) is 3.71. The van der Waals surface area contributed by atoms with Gasteiger partial charge in [0, 0.05) is 23.6 Å². The minimum atomic E-state index is -0.00107. The largest absolute Gasteiger partial charge is 0.357 e. The number of hydrogen-bond acceptors (Lipinski definition) is 3. The third kappa shape index (κ3) is 5.16. The lowest BCUT2D eigenvalue weighted by Gasteiger charge is -2.32. The average Bonchev–Trinajstić information content (AvgIpc) is 2.99. The van der Waals surface area contributed by atoms with Crippen LogP contribution in [0.25, 0.3) is 0 Å². The molecule has 0 radical (unpaired) electrons. The molecule has 0 saturated carbocycles. The van der Waals surface area contributed by atoms with E-state index in [1.165, 1.54) is 0 Å². The van der Waals surface area contributed by atoms with Crippen LogP contribution in [0.5, 0.6) is 0 Å². The highest BCUT2D eigenvalue weighted by molar-refractivity contribution is 7.80. The second kappa shape index (κ2) is 7.57. The Bertz CT molecular complexity index is 704. The summed E-state index contributed by atoms with van der Waals surface area (Å²) in [7, 11) is 0. The number of rotatable bonds is 5. The number of carbonyl (C=O) groups excluding carboxylic acids is 1. The maximum atomic E-state index is 11.5. The molecule has 1 atom stereocenters. The van der Waals surface area contributed by atoms with E-state index in [-0.39, 0.29) is 17.2 Å². The van der Waals surface area contributed by atoms with Crippen molar-refractivity contribution in [3.63, 3.8) is 0 Å². The zero-order valence-corrected chi connectivity index (χ0v) is 15.4. The van der Waals surface area contributed by atoms with E-state index in [0.29, 0.717) is 17.2 Å². The summed E-state index contributed by atoms with van der Waals surface area (Å²) < 4.78 is 1.89. The lowest BCUT2D eigenvalue weighted by molar-refractivity contribution is 0.101. The zero-order chi connectivity index (χ0) is 17.7. The van der Waals surface area contributed by atoms with Gasteiger partial charge in [0.1, 0.15) is 0 Å². The van der Waals surface area contributed by atoms with Gasteiger partial charge in [-0.05, 0) is 42.8 Å². The van der Waals surface area contributed by atoms with Crippen molar-refractivity contribution in [3.8, 4) is 0 Å². The maximum Gasteiger partial charge on any atom is 0.171 e. The van der Waals surface area contributed by atoms with E-state index in [1.54, 1.807) is 25.3 Å². The van der Waals surface area contributed by atoms with Gasteiger partial charge < -0.3 is 10.6 Å². The van der Waals surface area contributed by atoms with Crippen molar-refractivity contribution in [1.82, 2.24) is 15.1 Å². The number of nitrogens with one attached hydrogen (secondary N) is 2. The minimum absolute atomic E-state index is 0.00107. The average molecular weight is 344 g/mol. The molecule has 1 aromatic heterocycles. The molecule has 6 heteroatoms. The monoisotopic (exact) mass is 344 g/mol. The lowest BCUT2D eigenvalue weighted by atomic mass is 9.87. The molecule has 2 N–H and O–H groups in total. The Hall–Kier alpha value is -2.21. The third-order valence-corrected chi connectivity index (χ3v) is 4.03. The van der Waals surface area contributed by atoms with Crippen molar-refractivity contribution < 1.29 is 4.79 Å². The predicted molar refractivity (Wildman–Crippen MR) is 101 cm³/mol. The van der Waals surface area contributed by atoms with E-state index < -0.39 is 0 Å². The molecule has 2 aromatic rings. The van der Waals surface area contributed by atoms with Gasteiger partial charge in [0.15, 0.2) is 10.9 Å². The normalized spacial score (nSPS) is 12.5. The van der Waals surface area contributed by atoms with E-state index in [0.717, 1.165) is 5.69 Å². The fraction of sp³-hybridized carbons (Fsp3) is 0.389. The topological polar surface area (TPSA) is 59.0 Å². The molecule has 1 unspecified atom stereocenters. The fourth-order valence-electron chi connectivity index (χ4n) is 2.27. The van der Waals surface area contributed by atoms with Gasteiger partial charge in [-0.25, -0.2) is 0 Å². The zero-order valence-electron chi connectivity index (χ0n) is 14.5. The Labute approximate surface area is 148 Å². The van der Waals surface area contributed by atoms with Crippen molar-refractivity contribution >= 4 is 28.8 Å². The highest BCUT2D eigenvalue weighted by Gasteiger charge is 2.26. The first-order chi connectivity index (χ1) is 11.3. The highest BCUT2D eigenvalue weighted by atomic mass is 32.1. The van der Waals surface area contributed by atoms with Crippen LogP contribution in [0.3, 0.4) is 0 Å². The first-order valence-corrected chi connectivity index (χ1v) is 8.32. The van der Waals surface area contributed by atoms with Crippen LogP contribution in [0.1, 0.15) is 38.1 Å². The van der Waals surface area contributed by atoms with Crippen LogP contribution in [0.2, 0.25) is 0 Å². The molecule has 0 aliphatic rings. The smallest absolute Gasteiger partial charge is 0.171 e. The van der Waals surface area contributed by atoms with Crippen molar-refractivity contribution in [1.29, 1.82) is 0 Å². The molecule has 0 amide bonds. The SMILES string of the molecule is CC(=O)c1cccc(NC(=S)NC(Cn2cccn2)C(C)(C)C)c1. The first kappa shape index (κ1) is 18.1. The molecule has 24 heavy (non-hydrogen) atoms. The summed E-state index contributed by atoms with van der Waals surface area (Å²) in [4.78, 5) is 11.5. The van der Waals surface area contributed by atoms with Crippen LogP contribution in [0.4, 0.5) is 5.69 Å². The predicted octanol–water partition coefficient (Wildman–Crippen LogP) is 3.49. The van der Waals surface area contributed by atoms with Gasteiger partial charge in [0.05, 0.1) is 12.6 Å². The van der Waals surface area contributed by atoms with Crippen LogP contribution in [-0.4, -0.2) is 26.7 Å². The number of hydrogen-bond donors (Lipinski definition) is 2. The van der Waals surface area contributed by atoms with Gasteiger partial charge >= 0.3 is 0 Å². The number of benzene rings is 1. The summed E-state index contributed by atoms with van der Waals surface area (Å²) in [5, 5.41) is 11.3. The number of nitrogens with zero attached hydrogens (tertiary/aromatic N) is 2. The van der Waals surface area contributed by atoms with E-state index in [4.69, 9.17) is 12.2 Å². The van der Waals surface area contributed by atoms with Gasteiger partial charge in [0.2, 0.25) is 0 Å². The molecule has 1 heterocycles. The fourth-order valence-corrected chi connectivity index (χ4v) is 2.53. The van der Waals surface area contributed by atoms with E-state index in [9.17, 15) is 4.79 Å². The van der Waals surface area contributed by atoms with Crippen LogP contribution < -0.4 is 10.6 Å². The van der Waals surface area contributed by atoms with Crippen LogP contribution >= 0.6 is 12.2 Å². The Morgan fingerprint density at radius 3 is 2.67 bits per heavy atom. The number of anilines is 1. The number of aromatic nitrogens is 2. The standard InChI is InChI=1S/C18H24N4OS/c1-13(23)14-7-5-8-15(11-14)20-17(24)21-16(18(2,3)4)12-22-10-6-9-19-22/h5-11,16H,12H2,1-4H3,(H2,20,21,24). The Kier molecular flexibility index (Phi) is 5.72. The molecule has 1 aromatic carbocycles. The van der Waals surface area contributed by atoms with Gasteiger partial charge in [-0.1, -0.05) is 32.9 Å². The van der Waals surface area contributed by atoms with E-state index >= 15 is 0 Å².